The van der Waals surface area contributed by atoms with Crippen molar-refractivity contribution in [2.45, 2.75) is 30.4 Å². The van der Waals surface area contributed by atoms with Crippen LogP contribution in [0.5, 0.6) is 0 Å². The molecule has 2 aromatic rings. The lowest BCUT2D eigenvalue weighted by atomic mass is 10.2. The van der Waals surface area contributed by atoms with Crippen molar-refractivity contribution in [3.63, 3.8) is 0 Å². The molecule has 5 nitrogen and oxygen atoms in total. The second-order valence-corrected chi connectivity index (χ2v) is 6.63. The van der Waals surface area contributed by atoms with Crippen LogP contribution in [0.3, 0.4) is 0 Å². The number of thioether (sulfide) groups is 1. The van der Waals surface area contributed by atoms with Crippen molar-refractivity contribution in [1.29, 1.82) is 0 Å². The van der Waals surface area contributed by atoms with Gasteiger partial charge in [-0.25, -0.2) is 4.79 Å². The van der Waals surface area contributed by atoms with Gasteiger partial charge in [-0.3, -0.25) is 0 Å². The average molecular weight is 346 g/mol. The fraction of sp³-hybridized carbons (Fsp3) is 0.389. The number of carbonyl (C=O) groups excluding carboxylic acids is 1. The summed E-state index contributed by atoms with van der Waals surface area (Å²) >= 11 is 1.67. The second kappa shape index (κ2) is 8.26. The number of ether oxygens (including phenoxy) is 1. The van der Waals surface area contributed by atoms with E-state index in [2.05, 4.69) is 5.32 Å². The van der Waals surface area contributed by atoms with Gasteiger partial charge in [-0.2, -0.15) is 0 Å². The molecular weight excluding hydrogens is 324 g/mol. The van der Waals surface area contributed by atoms with Crippen LogP contribution in [0, 0.1) is 0 Å². The fourth-order valence-electron chi connectivity index (χ4n) is 2.72. The maximum atomic E-state index is 12.7. The van der Waals surface area contributed by atoms with E-state index in [1.807, 2.05) is 42.7 Å². The van der Waals surface area contributed by atoms with Crippen LogP contribution in [-0.2, 0) is 11.3 Å². The number of benzene rings is 1. The van der Waals surface area contributed by atoms with Crippen LogP contribution in [-0.4, -0.2) is 36.4 Å². The second-order valence-electron chi connectivity index (χ2n) is 5.75. The lowest BCUT2D eigenvalue weighted by molar-refractivity contribution is 0.0803. The van der Waals surface area contributed by atoms with Gasteiger partial charge in [0.1, 0.15) is 5.76 Å². The number of furan rings is 1. The quantitative estimate of drug-likeness (QED) is 0.796. The van der Waals surface area contributed by atoms with E-state index in [9.17, 15) is 4.79 Å². The Bertz CT molecular complexity index is 637. The van der Waals surface area contributed by atoms with Crippen molar-refractivity contribution >= 4 is 23.5 Å². The van der Waals surface area contributed by atoms with Crippen molar-refractivity contribution in [2.24, 2.45) is 0 Å². The van der Waals surface area contributed by atoms with Crippen LogP contribution in [0.1, 0.15) is 18.6 Å². The van der Waals surface area contributed by atoms with Gasteiger partial charge in [0.25, 0.3) is 0 Å². The van der Waals surface area contributed by atoms with Gasteiger partial charge in [-0.05, 0) is 55.5 Å². The Kier molecular flexibility index (Phi) is 5.82. The molecular formula is C18H22N2O3S. The van der Waals surface area contributed by atoms with E-state index >= 15 is 0 Å². The zero-order valence-electron chi connectivity index (χ0n) is 13.7. The SMILES string of the molecule is CSc1ccc(NC(=O)N(Cc2ccco2)CC2CCCO2)cc1. The molecule has 1 aliphatic heterocycles. The highest BCUT2D eigenvalue weighted by Crippen LogP contribution is 2.19. The van der Waals surface area contributed by atoms with Gasteiger partial charge >= 0.3 is 6.03 Å². The number of urea groups is 1. The smallest absolute Gasteiger partial charge is 0.322 e. The molecule has 0 spiro atoms. The van der Waals surface area contributed by atoms with Crippen LogP contribution in [0.4, 0.5) is 10.5 Å². The number of hydrogen-bond acceptors (Lipinski definition) is 4. The summed E-state index contributed by atoms with van der Waals surface area (Å²) < 4.78 is 11.1. The Labute approximate surface area is 146 Å². The first-order chi connectivity index (χ1) is 11.7. The fourth-order valence-corrected chi connectivity index (χ4v) is 3.13. The Morgan fingerprint density at radius 2 is 2.17 bits per heavy atom. The van der Waals surface area contributed by atoms with E-state index in [-0.39, 0.29) is 12.1 Å². The summed E-state index contributed by atoms with van der Waals surface area (Å²) in [5.41, 5.74) is 0.787. The molecule has 1 fully saturated rings. The first-order valence-corrected chi connectivity index (χ1v) is 9.31. The lowest BCUT2D eigenvalue weighted by Gasteiger charge is -2.25. The molecule has 3 rings (SSSR count). The zero-order chi connectivity index (χ0) is 16.8. The molecule has 24 heavy (non-hydrogen) atoms. The molecule has 2 amide bonds. The number of carbonyl (C=O) groups is 1. The molecule has 1 atom stereocenters. The van der Waals surface area contributed by atoms with Crippen LogP contribution in [0.25, 0.3) is 0 Å². The Hall–Kier alpha value is -1.92. The third-order valence-electron chi connectivity index (χ3n) is 4.00. The first-order valence-electron chi connectivity index (χ1n) is 8.08. The zero-order valence-corrected chi connectivity index (χ0v) is 14.6. The minimum absolute atomic E-state index is 0.101. The average Bonchev–Trinajstić information content (AvgIpc) is 3.29. The molecule has 6 heteroatoms. The Balaban J connectivity index is 1.66. The standard InChI is InChI=1S/C18H22N2O3S/c1-24-17-8-6-14(7-9-17)19-18(21)20(12-15-4-2-10-22-15)13-16-5-3-11-23-16/h2,4,6-10,16H,3,5,11-13H2,1H3,(H,19,21). The number of rotatable bonds is 6. The molecule has 0 radical (unpaired) electrons. The van der Waals surface area contributed by atoms with Crippen LogP contribution >= 0.6 is 11.8 Å². The van der Waals surface area contributed by atoms with E-state index in [1.165, 1.54) is 4.90 Å². The topological polar surface area (TPSA) is 54.7 Å². The molecule has 1 unspecified atom stereocenters. The minimum Gasteiger partial charge on any atom is -0.467 e. The summed E-state index contributed by atoms with van der Waals surface area (Å²) in [5.74, 6) is 0.765. The largest absolute Gasteiger partial charge is 0.467 e. The predicted octanol–water partition coefficient (Wildman–Crippen LogP) is 4.21. The molecule has 1 aromatic carbocycles. The highest BCUT2D eigenvalue weighted by Gasteiger charge is 2.23. The molecule has 1 aliphatic rings. The lowest BCUT2D eigenvalue weighted by Crippen LogP contribution is -2.39. The number of nitrogens with zero attached hydrogens (tertiary/aromatic N) is 1. The maximum Gasteiger partial charge on any atom is 0.322 e. The van der Waals surface area contributed by atoms with Gasteiger partial charge in [0.05, 0.1) is 18.9 Å². The summed E-state index contributed by atoms with van der Waals surface area (Å²) in [4.78, 5) is 15.6. The summed E-state index contributed by atoms with van der Waals surface area (Å²) in [6.45, 7) is 1.77. The first kappa shape index (κ1) is 16.9. The van der Waals surface area contributed by atoms with E-state index in [1.54, 1.807) is 22.9 Å². The summed E-state index contributed by atoms with van der Waals surface area (Å²) in [5, 5.41) is 2.96. The van der Waals surface area contributed by atoms with E-state index < -0.39 is 0 Å². The van der Waals surface area contributed by atoms with Crippen molar-refractivity contribution in [3.05, 3.63) is 48.4 Å². The number of anilines is 1. The minimum atomic E-state index is -0.140. The molecule has 128 valence electrons. The molecule has 1 N–H and O–H groups in total. The monoisotopic (exact) mass is 346 g/mol. The molecule has 2 heterocycles. The van der Waals surface area contributed by atoms with Gasteiger partial charge in [0.2, 0.25) is 0 Å². The third kappa shape index (κ3) is 4.55. The third-order valence-corrected chi connectivity index (χ3v) is 4.75. The van der Waals surface area contributed by atoms with Gasteiger partial charge in [-0.15, -0.1) is 11.8 Å². The van der Waals surface area contributed by atoms with E-state index in [4.69, 9.17) is 9.15 Å². The van der Waals surface area contributed by atoms with Crippen molar-refractivity contribution in [3.8, 4) is 0 Å². The summed E-state index contributed by atoms with van der Waals surface area (Å²) in [7, 11) is 0. The van der Waals surface area contributed by atoms with Gasteiger partial charge < -0.3 is 19.4 Å². The normalized spacial score (nSPS) is 17.0. The molecule has 0 bridgehead atoms. The van der Waals surface area contributed by atoms with Crippen LogP contribution < -0.4 is 5.32 Å². The molecule has 0 aliphatic carbocycles. The summed E-state index contributed by atoms with van der Waals surface area (Å²) in [6, 6.07) is 11.4. The molecule has 0 saturated carbocycles. The van der Waals surface area contributed by atoms with Gasteiger partial charge in [-0.1, -0.05) is 0 Å². The number of amides is 2. The Morgan fingerprint density at radius 1 is 1.33 bits per heavy atom. The number of hydrogen-bond donors (Lipinski definition) is 1. The highest BCUT2D eigenvalue weighted by molar-refractivity contribution is 7.98. The highest BCUT2D eigenvalue weighted by atomic mass is 32.2. The predicted molar refractivity (Wildman–Crippen MR) is 95.3 cm³/mol. The molecule has 1 aromatic heterocycles. The van der Waals surface area contributed by atoms with E-state index in [0.717, 1.165) is 30.9 Å². The number of nitrogens with one attached hydrogen (secondary N) is 1. The summed E-state index contributed by atoms with van der Waals surface area (Å²) in [6.07, 6.45) is 5.80. The van der Waals surface area contributed by atoms with Crippen LogP contribution in [0.2, 0.25) is 0 Å². The van der Waals surface area contributed by atoms with Crippen molar-refractivity contribution in [1.82, 2.24) is 4.90 Å². The van der Waals surface area contributed by atoms with Gasteiger partial charge in [0, 0.05) is 23.7 Å². The van der Waals surface area contributed by atoms with Crippen molar-refractivity contribution in [2.75, 3.05) is 24.7 Å². The van der Waals surface area contributed by atoms with Gasteiger partial charge in [0.15, 0.2) is 0 Å². The van der Waals surface area contributed by atoms with Crippen LogP contribution in [0.15, 0.2) is 52.0 Å². The Morgan fingerprint density at radius 3 is 2.79 bits per heavy atom. The molecule has 1 saturated heterocycles. The maximum absolute atomic E-state index is 12.7. The van der Waals surface area contributed by atoms with E-state index in [0.29, 0.717) is 13.1 Å². The van der Waals surface area contributed by atoms with Crippen molar-refractivity contribution < 1.29 is 13.9 Å².